The zero-order chi connectivity index (χ0) is 22.8. The number of nitrogens with zero attached hydrogens (tertiary/aromatic N) is 2. The van der Waals surface area contributed by atoms with Gasteiger partial charge in [0.05, 0.1) is 21.7 Å². The van der Waals surface area contributed by atoms with Crippen molar-refractivity contribution in [2.75, 3.05) is 0 Å². The van der Waals surface area contributed by atoms with Crippen LogP contribution in [0, 0.1) is 21.7 Å². The molecule has 0 saturated heterocycles. The van der Waals surface area contributed by atoms with Gasteiger partial charge in [-0.3, -0.25) is 10.1 Å². The average Bonchev–Trinajstić information content (AvgIpc) is 3.23. The SMILES string of the molecule is O=C(O)Oc1cc(-c2nc(-c3c(F)cccc3F)cs2)ccc1-c1ccccc1[N+](=O)[O-]. The Bertz CT molecular complexity index is 1340. The number of ether oxygens (including phenoxy) is 1. The molecule has 1 N–H and O–H groups in total. The number of carbonyl (C=O) groups is 1. The molecule has 0 fully saturated rings. The molecular formula is C22H12F2N2O5S. The lowest BCUT2D eigenvalue weighted by Crippen LogP contribution is -2.05. The van der Waals surface area contributed by atoms with E-state index in [1.165, 1.54) is 41.8 Å². The summed E-state index contributed by atoms with van der Waals surface area (Å²) in [6.45, 7) is 0. The van der Waals surface area contributed by atoms with Crippen LogP contribution in [-0.4, -0.2) is 21.2 Å². The van der Waals surface area contributed by atoms with E-state index in [1.807, 2.05) is 0 Å². The van der Waals surface area contributed by atoms with Crippen LogP contribution in [0.15, 0.2) is 66.0 Å². The Morgan fingerprint density at radius 1 is 1.03 bits per heavy atom. The number of nitro benzene ring substituents is 1. The molecule has 1 heterocycles. The second-order valence-electron chi connectivity index (χ2n) is 6.49. The van der Waals surface area contributed by atoms with E-state index in [9.17, 15) is 23.7 Å². The lowest BCUT2D eigenvalue weighted by atomic mass is 10.0. The zero-order valence-electron chi connectivity index (χ0n) is 16.0. The molecule has 1 aromatic heterocycles. The summed E-state index contributed by atoms with van der Waals surface area (Å²) in [5.74, 6) is -1.66. The van der Waals surface area contributed by atoms with Crippen LogP contribution in [0.1, 0.15) is 0 Å². The van der Waals surface area contributed by atoms with E-state index in [0.717, 1.165) is 23.5 Å². The summed E-state index contributed by atoms with van der Waals surface area (Å²) < 4.78 is 33.0. The van der Waals surface area contributed by atoms with Gasteiger partial charge in [0.15, 0.2) is 0 Å². The minimum Gasteiger partial charge on any atom is -0.449 e. The van der Waals surface area contributed by atoms with Crippen molar-refractivity contribution in [3.63, 3.8) is 0 Å². The van der Waals surface area contributed by atoms with Crippen LogP contribution in [-0.2, 0) is 0 Å². The number of halogens is 2. The topological polar surface area (TPSA) is 103 Å². The van der Waals surface area contributed by atoms with Gasteiger partial charge in [-0.15, -0.1) is 11.3 Å². The maximum absolute atomic E-state index is 14.1. The Kier molecular flexibility index (Phi) is 5.61. The van der Waals surface area contributed by atoms with Crippen molar-refractivity contribution < 1.29 is 28.3 Å². The molecule has 7 nitrogen and oxygen atoms in total. The Morgan fingerprint density at radius 3 is 2.44 bits per heavy atom. The molecule has 0 unspecified atom stereocenters. The van der Waals surface area contributed by atoms with Gasteiger partial charge >= 0.3 is 6.16 Å². The predicted octanol–water partition coefficient (Wildman–Crippen LogP) is 6.39. The van der Waals surface area contributed by atoms with Crippen molar-refractivity contribution in [1.29, 1.82) is 0 Å². The summed E-state index contributed by atoms with van der Waals surface area (Å²) in [6.07, 6.45) is -1.60. The minimum atomic E-state index is -1.60. The second-order valence-corrected chi connectivity index (χ2v) is 7.35. The number of carboxylic acid groups (broad SMARTS) is 1. The fraction of sp³-hybridized carbons (Fsp3) is 0. The highest BCUT2D eigenvalue weighted by atomic mass is 32.1. The van der Waals surface area contributed by atoms with Crippen molar-refractivity contribution in [3.05, 3.63) is 87.8 Å². The lowest BCUT2D eigenvalue weighted by molar-refractivity contribution is -0.384. The van der Waals surface area contributed by atoms with Gasteiger partial charge in [0, 0.05) is 22.6 Å². The smallest absolute Gasteiger partial charge is 0.449 e. The van der Waals surface area contributed by atoms with Gasteiger partial charge in [-0.05, 0) is 30.3 Å². The summed E-state index contributed by atoms with van der Waals surface area (Å²) in [7, 11) is 0. The molecule has 4 aromatic rings. The first kappa shape index (κ1) is 21.1. The van der Waals surface area contributed by atoms with Crippen LogP contribution in [0.25, 0.3) is 33.0 Å². The van der Waals surface area contributed by atoms with Gasteiger partial charge < -0.3 is 9.84 Å². The number of benzene rings is 3. The molecule has 0 radical (unpaired) electrons. The number of aromatic nitrogens is 1. The zero-order valence-corrected chi connectivity index (χ0v) is 16.8. The summed E-state index contributed by atoms with van der Waals surface area (Å²) >= 11 is 1.10. The summed E-state index contributed by atoms with van der Waals surface area (Å²) in [4.78, 5) is 26.3. The highest BCUT2D eigenvalue weighted by molar-refractivity contribution is 7.13. The molecular weight excluding hydrogens is 442 g/mol. The number of hydrogen-bond acceptors (Lipinski definition) is 6. The Balaban J connectivity index is 1.81. The molecule has 0 aliphatic heterocycles. The molecule has 160 valence electrons. The van der Waals surface area contributed by atoms with Crippen molar-refractivity contribution >= 4 is 23.2 Å². The van der Waals surface area contributed by atoms with Gasteiger partial charge in [0.25, 0.3) is 5.69 Å². The summed E-state index contributed by atoms with van der Waals surface area (Å²) in [5.41, 5.74) is 0.380. The quantitative estimate of drug-likeness (QED) is 0.162. The predicted molar refractivity (Wildman–Crippen MR) is 114 cm³/mol. The highest BCUT2D eigenvalue weighted by Crippen LogP contribution is 2.40. The van der Waals surface area contributed by atoms with Gasteiger partial charge in [0.1, 0.15) is 22.4 Å². The Hall–Kier alpha value is -4.18. The Morgan fingerprint density at radius 2 is 1.75 bits per heavy atom. The second kappa shape index (κ2) is 8.52. The fourth-order valence-electron chi connectivity index (χ4n) is 3.18. The largest absolute Gasteiger partial charge is 0.511 e. The van der Waals surface area contributed by atoms with Crippen LogP contribution in [0.2, 0.25) is 0 Å². The van der Waals surface area contributed by atoms with Crippen LogP contribution < -0.4 is 4.74 Å². The summed E-state index contributed by atoms with van der Waals surface area (Å²) in [6, 6.07) is 13.7. The number of hydrogen-bond donors (Lipinski definition) is 1. The van der Waals surface area contributed by atoms with Gasteiger partial charge in [0.2, 0.25) is 0 Å². The number of rotatable bonds is 5. The van der Waals surface area contributed by atoms with Crippen molar-refractivity contribution in [3.8, 4) is 38.7 Å². The number of nitro groups is 1. The van der Waals surface area contributed by atoms with E-state index in [-0.39, 0.29) is 33.8 Å². The van der Waals surface area contributed by atoms with Gasteiger partial charge in [-0.25, -0.2) is 18.6 Å². The highest BCUT2D eigenvalue weighted by Gasteiger charge is 2.21. The van der Waals surface area contributed by atoms with Crippen molar-refractivity contribution in [2.45, 2.75) is 0 Å². The maximum atomic E-state index is 14.1. The average molecular weight is 454 g/mol. The van der Waals surface area contributed by atoms with E-state index >= 15 is 0 Å². The molecule has 4 rings (SSSR count). The van der Waals surface area contributed by atoms with E-state index in [2.05, 4.69) is 4.98 Å². The van der Waals surface area contributed by atoms with E-state index < -0.39 is 22.7 Å². The van der Waals surface area contributed by atoms with Gasteiger partial charge in [-0.1, -0.05) is 24.3 Å². The van der Waals surface area contributed by atoms with E-state index in [0.29, 0.717) is 10.6 Å². The molecule has 0 spiro atoms. The van der Waals surface area contributed by atoms with Crippen LogP contribution >= 0.6 is 11.3 Å². The molecule has 0 saturated carbocycles. The molecule has 0 atom stereocenters. The molecule has 0 aliphatic carbocycles. The van der Waals surface area contributed by atoms with Crippen LogP contribution in [0.3, 0.4) is 0 Å². The molecule has 0 aliphatic rings. The fourth-order valence-corrected chi connectivity index (χ4v) is 3.99. The van der Waals surface area contributed by atoms with E-state index in [1.54, 1.807) is 12.1 Å². The third-order valence-electron chi connectivity index (χ3n) is 4.54. The lowest BCUT2D eigenvalue weighted by Gasteiger charge is -2.10. The van der Waals surface area contributed by atoms with E-state index in [4.69, 9.17) is 9.84 Å². The van der Waals surface area contributed by atoms with Crippen LogP contribution in [0.4, 0.5) is 19.3 Å². The molecule has 0 bridgehead atoms. The number of thiazole rings is 1. The normalized spacial score (nSPS) is 10.7. The third-order valence-corrected chi connectivity index (χ3v) is 5.43. The first-order valence-corrected chi connectivity index (χ1v) is 9.92. The third kappa shape index (κ3) is 4.03. The van der Waals surface area contributed by atoms with Crippen molar-refractivity contribution in [1.82, 2.24) is 4.98 Å². The molecule has 3 aromatic carbocycles. The molecule has 0 amide bonds. The van der Waals surface area contributed by atoms with Crippen LogP contribution in [0.5, 0.6) is 5.75 Å². The van der Waals surface area contributed by atoms with Crippen molar-refractivity contribution in [2.24, 2.45) is 0 Å². The minimum absolute atomic E-state index is 0.0871. The monoisotopic (exact) mass is 454 g/mol. The molecule has 10 heteroatoms. The first-order chi connectivity index (χ1) is 15.3. The Labute approximate surface area is 183 Å². The number of para-hydroxylation sites is 1. The maximum Gasteiger partial charge on any atom is 0.511 e. The first-order valence-electron chi connectivity index (χ1n) is 9.04. The standard InChI is InChI=1S/C22H12F2N2O5S/c23-15-5-3-6-16(24)20(15)17-11-32-21(25-17)12-8-9-14(19(10-12)31-22(27)28)13-4-1-2-7-18(13)26(29)30/h1-11H,(H,27,28). The summed E-state index contributed by atoms with van der Waals surface area (Å²) in [5, 5.41) is 22.4. The molecule has 32 heavy (non-hydrogen) atoms. The van der Waals surface area contributed by atoms with Gasteiger partial charge in [-0.2, -0.15) is 0 Å².